The van der Waals surface area contributed by atoms with E-state index in [1.807, 2.05) is 42.5 Å². The van der Waals surface area contributed by atoms with E-state index in [0.29, 0.717) is 23.6 Å². The number of para-hydroxylation sites is 3. The zero-order valence-electron chi connectivity index (χ0n) is 11.1. The number of nitrogens with one attached hydrogen (secondary N) is 1. The molecule has 1 fully saturated rings. The van der Waals surface area contributed by atoms with Gasteiger partial charge in [0.25, 0.3) is 0 Å². The molecule has 1 N–H and O–H groups in total. The van der Waals surface area contributed by atoms with Crippen LogP contribution in [0.15, 0.2) is 54.6 Å². The van der Waals surface area contributed by atoms with Crippen LogP contribution < -0.4 is 10.1 Å². The SMILES string of the molecule is O=C(Nc1ccccc1Oc1ccccc1)C1CC1(Cl)Cl. The van der Waals surface area contributed by atoms with Gasteiger partial charge < -0.3 is 10.1 Å². The number of rotatable bonds is 4. The van der Waals surface area contributed by atoms with E-state index >= 15 is 0 Å². The topological polar surface area (TPSA) is 38.3 Å². The lowest BCUT2D eigenvalue weighted by Crippen LogP contribution is -2.17. The van der Waals surface area contributed by atoms with Crippen molar-refractivity contribution in [3.63, 3.8) is 0 Å². The van der Waals surface area contributed by atoms with E-state index < -0.39 is 4.33 Å². The molecule has 1 atom stereocenters. The Kier molecular flexibility index (Phi) is 3.79. The summed E-state index contributed by atoms with van der Waals surface area (Å²) in [5, 5.41) is 2.82. The van der Waals surface area contributed by atoms with Gasteiger partial charge in [0, 0.05) is 0 Å². The Morgan fingerprint density at radius 3 is 2.38 bits per heavy atom. The second kappa shape index (κ2) is 5.58. The summed E-state index contributed by atoms with van der Waals surface area (Å²) in [6.07, 6.45) is 0.476. The lowest BCUT2D eigenvalue weighted by molar-refractivity contribution is -0.117. The van der Waals surface area contributed by atoms with Gasteiger partial charge in [-0.05, 0) is 30.7 Å². The van der Waals surface area contributed by atoms with Gasteiger partial charge in [-0.1, -0.05) is 30.3 Å². The van der Waals surface area contributed by atoms with Crippen LogP contribution in [0.5, 0.6) is 11.5 Å². The molecule has 0 saturated heterocycles. The Morgan fingerprint density at radius 1 is 1.10 bits per heavy atom. The fraction of sp³-hybridized carbons (Fsp3) is 0.188. The molecule has 2 aromatic carbocycles. The van der Waals surface area contributed by atoms with Crippen molar-refractivity contribution in [1.82, 2.24) is 0 Å². The lowest BCUT2D eigenvalue weighted by Gasteiger charge is -2.12. The third-order valence-electron chi connectivity index (χ3n) is 3.26. The summed E-state index contributed by atoms with van der Waals surface area (Å²) in [5.74, 6) is 0.719. The number of carbonyl (C=O) groups is 1. The Balaban J connectivity index is 1.75. The molecule has 21 heavy (non-hydrogen) atoms. The number of amides is 1. The second-order valence-electron chi connectivity index (χ2n) is 4.92. The maximum Gasteiger partial charge on any atom is 0.230 e. The number of hydrogen-bond donors (Lipinski definition) is 1. The van der Waals surface area contributed by atoms with Crippen molar-refractivity contribution in [3.8, 4) is 11.5 Å². The highest BCUT2D eigenvalue weighted by Crippen LogP contribution is 2.53. The van der Waals surface area contributed by atoms with Crippen molar-refractivity contribution in [3.05, 3.63) is 54.6 Å². The molecular formula is C16H13Cl2NO2. The van der Waals surface area contributed by atoms with E-state index in [4.69, 9.17) is 27.9 Å². The van der Waals surface area contributed by atoms with Crippen LogP contribution in [0.3, 0.4) is 0 Å². The van der Waals surface area contributed by atoms with Gasteiger partial charge in [0.15, 0.2) is 5.75 Å². The summed E-state index contributed by atoms with van der Waals surface area (Å²) < 4.78 is 4.85. The predicted molar refractivity (Wildman–Crippen MR) is 84.1 cm³/mol. The van der Waals surface area contributed by atoms with Crippen LogP contribution in [0, 0.1) is 5.92 Å². The number of benzene rings is 2. The average molecular weight is 322 g/mol. The first-order valence-corrected chi connectivity index (χ1v) is 7.32. The molecule has 1 aliphatic carbocycles. The van der Waals surface area contributed by atoms with Crippen molar-refractivity contribution in [2.75, 3.05) is 5.32 Å². The fourth-order valence-corrected chi connectivity index (χ4v) is 2.50. The number of carbonyl (C=O) groups excluding carboxylic acids is 1. The monoisotopic (exact) mass is 321 g/mol. The van der Waals surface area contributed by atoms with Gasteiger partial charge in [-0.3, -0.25) is 4.79 Å². The van der Waals surface area contributed by atoms with Crippen LogP contribution in [0.1, 0.15) is 6.42 Å². The van der Waals surface area contributed by atoms with E-state index in [-0.39, 0.29) is 11.8 Å². The van der Waals surface area contributed by atoms with Gasteiger partial charge in [0.2, 0.25) is 5.91 Å². The molecule has 0 bridgehead atoms. The van der Waals surface area contributed by atoms with E-state index in [2.05, 4.69) is 5.32 Å². The van der Waals surface area contributed by atoms with Crippen molar-refractivity contribution < 1.29 is 9.53 Å². The average Bonchev–Trinajstić information content (AvgIpc) is 3.11. The first-order valence-electron chi connectivity index (χ1n) is 6.57. The van der Waals surface area contributed by atoms with Gasteiger partial charge in [-0.2, -0.15) is 0 Å². The molecule has 2 aromatic rings. The highest BCUT2D eigenvalue weighted by molar-refractivity contribution is 6.52. The summed E-state index contributed by atoms with van der Waals surface area (Å²) >= 11 is 11.8. The maximum absolute atomic E-state index is 12.1. The normalized spacial score (nSPS) is 18.9. The third-order valence-corrected chi connectivity index (χ3v) is 4.09. The van der Waals surface area contributed by atoms with Crippen molar-refractivity contribution >= 4 is 34.8 Å². The highest BCUT2D eigenvalue weighted by Gasteiger charge is 2.56. The van der Waals surface area contributed by atoms with Crippen LogP contribution in [0.2, 0.25) is 0 Å². The minimum atomic E-state index is -0.931. The maximum atomic E-state index is 12.1. The third kappa shape index (κ3) is 3.31. The second-order valence-corrected chi connectivity index (χ2v) is 6.46. The summed E-state index contributed by atoms with van der Waals surface area (Å²) in [5.41, 5.74) is 0.599. The Bertz CT molecular complexity index is 658. The van der Waals surface area contributed by atoms with Gasteiger partial charge in [-0.15, -0.1) is 23.2 Å². The first-order chi connectivity index (χ1) is 10.1. The van der Waals surface area contributed by atoms with Crippen LogP contribution in [-0.4, -0.2) is 10.2 Å². The van der Waals surface area contributed by atoms with Crippen LogP contribution >= 0.6 is 23.2 Å². The molecule has 108 valence electrons. The molecule has 1 aliphatic rings. The number of anilines is 1. The first kappa shape index (κ1) is 14.2. The Labute approximate surface area is 132 Å². The molecule has 3 nitrogen and oxygen atoms in total. The molecule has 1 amide bonds. The number of hydrogen-bond acceptors (Lipinski definition) is 2. The van der Waals surface area contributed by atoms with Gasteiger partial charge in [-0.25, -0.2) is 0 Å². The molecule has 3 rings (SSSR count). The van der Waals surface area contributed by atoms with Gasteiger partial charge in [0.1, 0.15) is 10.1 Å². The van der Waals surface area contributed by atoms with Crippen LogP contribution in [0.25, 0.3) is 0 Å². The number of halogens is 2. The van der Waals surface area contributed by atoms with E-state index in [1.54, 1.807) is 12.1 Å². The molecule has 0 heterocycles. The molecular weight excluding hydrogens is 309 g/mol. The summed E-state index contributed by atoms with van der Waals surface area (Å²) in [7, 11) is 0. The predicted octanol–water partition coefficient (Wildman–Crippen LogP) is 4.61. The lowest BCUT2D eigenvalue weighted by atomic mass is 10.2. The summed E-state index contributed by atoms with van der Waals surface area (Å²) in [6, 6.07) is 16.6. The quantitative estimate of drug-likeness (QED) is 0.835. The van der Waals surface area contributed by atoms with E-state index in [0.717, 1.165) is 0 Å². The standard InChI is InChI=1S/C16H13Cl2NO2/c17-16(18)10-12(16)15(20)19-13-8-4-5-9-14(13)21-11-6-2-1-3-7-11/h1-9,12H,10H2,(H,19,20). The Hall–Kier alpha value is -1.71. The molecule has 0 aliphatic heterocycles. The van der Waals surface area contributed by atoms with Crippen molar-refractivity contribution in [1.29, 1.82) is 0 Å². The van der Waals surface area contributed by atoms with E-state index in [9.17, 15) is 4.79 Å². The summed E-state index contributed by atoms with van der Waals surface area (Å²) in [6.45, 7) is 0. The molecule has 5 heteroatoms. The number of ether oxygens (including phenoxy) is 1. The van der Waals surface area contributed by atoms with Crippen molar-refractivity contribution in [2.24, 2.45) is 5.92 Å². The van der Waals surface area contributed by atoms with Gasteiger partial charge in [0.05, 0.1) is 11.6 Å². The molecule has 0 spiro atoms. The largest absolute Gasteiger partial charge is 0.455 e. The minimum Gasteiger partial charge on any atom is -0.455 e. The Morgan fingerprint density at radius 2 is 1.71 bits per heavy atom. The smallest absolute Gasteiger partial charge is 0.230 e. The molecule has 0 radical (unpaired) electrons. The summed E-state index contributed by atoms with van der Waals surface area (Å²) in [4.78, 5) is 12.1. The number of alkyl halides is 2. The molecule has 0 aromatic heterocycles. The zero-order valence-corrected chi connectivity index (χ0v) is 12.6. The highest BCUT2D eigenvalue weighted by atomic mass is 35.5. The minimum absolute atomic E-state index is 0.191. The molecule has 1 saturated carbocycles. The fourth-order valence-electron chi connectivity index (χ4n) is 1.99. The molecule has 1 unspecified atom stereocenters. The van der Waals surface area contributed by atoms with Crippen molar-refractivity contribution in [2.45, 2.75) is 10.8 Å². The van der Waals surface area contributed by atoms with Gasteiger partial charge >= 0.3 is 0 Å². The van der Waals surface area contributed by atoms with Crippen LogP contribution in [0.4, 0.5) is 5.69 Å². The van der Waals surface area contributed by atoms with E-state index in [1.165, 1.54) is 0 Å². The zero-order chi connectivity index (χ0) is 14.9. The van der Waals surface area contributed by atoms with Crippen LogP contribution in [-0.2, 0) is 4.79 Å².